The molecule has 0 radical (unpaired) electrons. The molecule has 2 atom stereocenters. The van der Waals surface area contributed by atoms with E-state index in [1.54, 1.807) is 0 Å². The van der Waals surface area contributed by atoms with Crippen LogP contribution in [0.5, 0.6) is 5.75 Å². The lowest BCUT2D eigenvalue weighted by atomic mass is 9.94. The fraction of sp³-hybridized carbons (Fsp3) is 0.600. The van der Waals surface area contributed by atoms with Gasteiger partial charge in [-0.05, 0) is 38.5 Å². The fourth-order valence-electron chi connectivity index (χ4n) is 2.94. The molecule has 1 aromatic rings. The minimum Gasteiger partial charge on any atom is -0.486 e. The van der Waals surface area contributed by atoms with Crippen LogP contribution in [0.1, 0.15) is 38.3 Å². The minimum atomic E-state index is -0.146. The van der Waals surface area contributed by atoms with Gasteiger partial charge in [-0.3, -0.25) is 0 Å². The summed E-state index contributed by atoms with van der Waals surface area (Å²) in [4.78, 5) is 0. The van der Waals surface area contributed by atoms with Crippen molar-refractivity contribution in [3.63, 3.8) is 0 Å². The third-order valence-electron chi connectivity index (χ3n) is 3.87. The van der Waals surface area contributed by atoms with E-state index in [1.165, 1.54) is 24.2 Å². The summed E-state index contributed by atoms with van der Waals surface area (Å²) < 4.78 is 6.05. The number of benzene rings is 1. The summed E-state index contributed by atoms with van der Waals surface area (Å²) in [5.41, 5.74) is 1.16. The monoisotopic (exact) mass is 263 g/mol. The third kappa shape index (κ3) is 2.26. The molecule has 2 heterocycles. The third-order valence-corrected chi connectivity index (χ3v) is 5.27. The highest BCUT2D eigenvalue weighted by molar-refractivity contribution is 8.00. The van der Waals surface area contributed by atoms with Crippen molar-refractivity contribution >= 4 is 11.8 Å². The average molecular weight is 263 g/mol. The Bertz CT molecular complexity index is 426. The number of nitrogens with one attached hydrogen (secondary N) is 1. The van der Waals surface area contributed by atoms with Crippen LogP contribution in [0.2, 0.25) is 0 Å². The van der Waals surface area contributed by atoms with E-state index in [9.17, 15) is 0 Å². The van der Waals surface area contributed by atoms with E-state index in [2.05, 4.69) is 49.1 Å². The molecule has 1 saturated heterocycles. The van der Waals surface area contributed by atoms with Crippen LogP contribution >= 0.6 is 11.8 Å². The van der Waals surface area contributed by atoms with Crippen LogP contribution in [0.3, 0.4) is 0 Å². The van der Waals surface area contributed by atoms with Crippen molar-refractivity contribution in [3.05, 3.63) is 29.8 Å². The second-order valence-electron chi connectivity index (χ2n) is 5.72. The van der Waals surface area contributed by atoms with Gasteiger partial charge in [-0.2, -0.15) is 11.8 Å². The van der Waals surface area contributed by atoms with E-state index < -0.39 is 0 Å². The zero-order chi connectivity index (χ0) is 12.6. The lowest BCUT2D eigenvalue weighted by molar-refractivity contribution is 0.0967. The maximum absolute atomic E-state index is 6.05. The molecule has 3 heteroatoms. The van der Waals surface area contributed by atoms with E-state index in [1.807, 2.05) is 6.07 Å². The van der Waals surface area contributed by atoms with Gasteiger partial charge >= 0.3 is 0 Å². The van der Waals surface area contributed by atoms with Crippen molar-refractivity contribution in [1.29, 1.82) is 0 Å². The Morgan fingerprint density at radius 3 is 3.00 bits per heavy atom. The van der Waals surface area contributed by atoms with Gasteiger partial charge in [-0.15, -0.1) is 0 Å². The summed E-state index contributed by atoms with van der Waals surface area (Å²) in [5, 5.41) is 4.51. The minimum absolute atomic E-state index is 0.146. The van der Waals surface area contributed by atoms with E-state index in [-0.39, 0.29) is 5.60 Å². The second-order valence-corrected chi connectivity index (χ2v) is 7.13. The topological polar surface area (TPSA) is 21.3 Å². The molecule has 3 rings (SSSR count). The molecule has 2 nitrogen and oxygen atoms in total. The molecule has 2 aliphatic rings. The number of hydrogen-bond donors (Lipinski definition) is 1. The first-order valence-electron chi connectivity index (χ1n) is 6.80. The molecule has 1 N–H and O–H groups in total. The van der Waals surface area contributed by atoms with Crippen molar-refractivity contribution in [2.24, 2.45) is 0 Å². The first-order valence-corrected chi connectivity index (χ1v) is 7.84. The lowest BCUT2D eigenvalue weighted by Crippen LogP contribution is -2.41. The number of rotatable bonds is 3. The Morgan fingerprint density at radius 1 is 1.39 bits per heavy atom. The number of fused-ring (bicyclic) bond motifs is 1. The molecular formula is C15H21NOS. The predicted molar refractivity (Wildman–Crippen MR) is 77.4 cm³/mol. The van der Waals surface area contributed by atoms with Crippen LogP contribution in [0.25, 0.3) is 0 Å². The largest absolute Gasteiger partial charge is 0.486 e. The molecule has 0 spiro atoms. The van der Waals surface area contributed by atoms with Crippen LogP contribution in [-0.2, 0) is 0 Å². The van der Waals surface area contributed by atoms with Gasteiger partial charge in [0.15, 0.2) is 0 Å². The van der Waals surface area contributed by atoms with Gasteiger partial charge in [-0.25, -0.2) is 0 Å². The number of thioether (sulfide) groups is 1. The second kappa shape index (κ2) is 4.78. The van der Waals surface area contributed by atoms with Crippen molar-refractivity contribution in [3.8, 4) is 5.75 Å². The summed E-state index contributed by atoms with van der Waals surface area (Å²) in [6, 6.07) is 8.72. The molecule has 98 valence electrons. The summed E-state index contributed by atoms with van der Waals surface area (Å²) >= 11 is 2.10. The average Bonchev–Trinajstić information content (AvgIpc) is 2.91. The van der Waals surface area contributed by atoms with Gasteiger partial charge in [0.1, 0.15) is 11.4 Å². The highest BCUT2D eigenvalue weighted by atomic mass is 32.2. The first-order chi connectivity index (χ1) is 8.67. The van der Waals surface area contributed by atoms with E-state index in [4.69, 9.17) is 4.74 Å². The Kier molecular flexibility index (Phi) is 3.29. The van der Waals surface area contributed by atoms with Gasteiger partial charge < -0.3 is 10.1 Å². The number of hydrogen-bond acceptors (Lipinski definition) is 3. The van der Waals surface area contributed by atoms with Crippen molar-refractivity contribution in [2.75, 3.05) is 12.3 Å². The predicted octanol–water partition coefficient (Wildman–Crippen LogP) is 3.38. The fourth-order valence-corrected chi connectivity index (χ4v) is 4.15. The molecule has 2 aliphatic heterocycles. The summed E-state index contributed by atoms with van der Waals surface area (Å²) in [5.74, 6) is 2.37. The highest BCUT2D eigenvalue weighted by Gasteiger charge is 2.40. The molecule has 2 unspecified atom stereocenters. The van der Waals surface area contributed by atoms with Crippen molar-refractivity contribution < 1.29 is 4.74 Å². The summed E-state index contributed by atoms with van der Waals surface area (Å²) in [7, 11) is 0. The molecule has 1 aromatic carbocycles. The van der Waals surface area contributed by atoms with Gasteiger partial charge in [0.25, 0.3) is 0 Å². The maximum Gasteiger partial charge on any atom is 0.125 e. The molecule has 18 heavy (non-hydrogen) atoms. The zero-order valence-electron chi connectivity index (χ0n) is 11.1. The molecule has 0 aliphatic carbocycles. The van der Waals surface area contributed by atoms with E-state index in [0.717, 1.165) is 17.5 Å². The molecular weight excluding hydrogens is 242 g/mol. The normalized spacial score (nSPS) is 29.0. The van der Waals surface area contributed by atoms with Crippen LogP contribution in [0.15, 0.2) is 24.3 Å². The van der Waals surface area contributed by atoms with E-state index >= 15 is 0 Å². The Labute approximate surface area is 113 Å². The molecule has 1 fully saturated rings. The van der Waals surface area contributed by atoms with Gasteiger partial charge in [0.05, 0.1) is 6.04 Å². The summed E-state index contributed by atoms with van der Waals surface area (Å²) in [6.45, 7) is 5.44. The molecule has 0 aromatic heterocycles. The lowest BCUT2D eigenvalue weighted by Gasteiger charge is -2.28. The standard InChI is InChI=1S/C15H21NOS/c1-15(2)14(16-10-11-6-5-9-18-11)12-7-3-4-8-13(12)17-15/h3-4,7-8,11,14,16H,5-6,9-10H2,1-2H3. The van der Waals surface area contributed by atoms with Crippen LogP contribution in [-0.4, -0.2) is 23.1 Å². The molecule has 0 bridgehead atoms. The van der Waals surface area contributed by atoms with E-state index in [0.29, 0.717) is 6.04 Å². The van der Waals surface area contributed by atoms with Gasteiger partial charge in [0, 0.05) is 17.4 Å². The van der Waals surface area contributed by atoms with Gasteiger partial charge in [-0.1, -0.05) is 18.2 Å². The molecule has 0 saturated carbocycles. The number of para-hydroxylation sites is 1. The maximum atomic E-state index is 6.05. The van der Waals surface area contributed by atoms with Gasteiger partial charge in [0.2, 0.25) is 0 Å². The smallest absolute Gasteiger partial charge is 0.125 e. The van der Waals surface area contributed by atoms with Crippen LogP contribution in [0, 0.1) is 0 Å². The molecule has 0 amide bonds. The Morgan fingerprint density at radius 2 is 2.22 bits per heavy atom. The van der Waals surface area contributed by atoms with Crippen molar-refractivity contribution in [2.45, 2.75) is 43.6 Å². The van der Waals surface area contributed by atoms with Crippen LogP contribution < -0.4 is 10.1 Å². The number of ether oxygens (including phenoxy) is 1. The Hall–Kier alpha value is -0.670. The quantitative estimate of drug-likeness (QED) is 0.903. The van der Waals surface area contributed by atoms with Crippen LogP contribution in [0.4, 0.5) is 0 Å². The van der Waals surface area contributed by atoms with Crippen molar-refractivity contribution in [1.82, 2.24) is 5.32 Å². The zero-order valence-corrected chi connectivity index (χ0v) is 11.9. The SMILES string of the molecule is CC1(C)Oc2ccccc2C1NCC1CCCS1. The highest BCUT2D eigenvalue weighted by Crippen LogP contribution is 2.42. The Balaban J connectivity index is 1.73. The summed E-state index contributed by atoms with van der Waals surface area (Å²) in [6.07, 6.45) is 2.73. The first kappa shape index (κ1) is 12.4.